The van der Waals surface area contributed by atoms with Gasteiger partial charge in [0.15, 0.2) is 22.1 Å². The average Bonchev–Trinajstić information content (AvgIpc) is 3.50. The van der Waals surface area contributed by atoms with E-state index in [1.165, 1.54) is 16.4 Å². The summed E-state index contributed by atoms with van der Waals surface area (Å²) in [7, 11) is 0. The maximum atomic E-state index is 10.7. The summed E-state index contributed by atoms with van der Waals surface area (Å²) in [5.74, 6) is 1.07. The van der Waals surface area contributed by atoms with Gasteiger partial charge in [0.05, 0.1) is 50.7 Å². The third-order valence-electron chi connectivity index (χ3n) is 6.45. The van der Waals surface area contributed by atoms with Crippen molar-refractivity contribution >= 4 is 28.7 Å². The second-order valence-electron chi connectivity index (χ2n) is 8.93. The predicted molar refractivity (Wildman–Crippen MR) is 127 cm³/mol. The standard InChI is InChI=1S/C21H34N6O8S/c1-2-7-36-21-23-19(22-10-8-12(34-5-3-28)17(32)15(10)30)14-20(24-21)27(26-25-14)11-9-13(35-6-4-29)18(33)16(11)31/h10-13,15-18,28-33H,2-9H2,1H3,(H,22,23,24)/t10-,11-,12+,13+,15+,16+,17-,18-/m1/s1. The molecule has 202 valence electrons. The molecule has 2 fully saturated rings. The van der Waals surface area contributed by atoms with E-state index in [0.29, 0.717) is 22.1 Å². The van der Waals surface area contributed by atoms with Crippen LogP contribution in [0.15, 0.2) is 5.16 Å². The number of aliphatic hydroxyl groups is 6. The van der Waals surface area contributed by atoms with Gasteiger partial charge in [-0.1, -0.05) is 23.9 Å². The van der Waals surface area contributed by atoms with Gasteiger partial charge in [-0.25, -0.2) is 14.6 Å². The van der Waals surface area contributed by atoms with Crippen LogP contribution in [0, 0.1) is 0 Å². The topological polar surface area (TPSA) is 208 Å². The van der Waals surface area contributed by atoms with Crippen LogP contribution in [0.2, 0.25) is 0 Å². The Labute approximate surface area is 211 Å². The SMILES string of the molecule is CCCSc1nc(N[C@@H]2C[C@H](OCCO)[C@@H](O)[C@H]2O)c2nnn([C@@H]3C[C@H](OCCO)[C@@H](O)[C@H]3O)c2n1. The van der Waals surface area contributed by atoms with Crippen molar-refractivity contribution in [3.63, 3.8) is 0 Å². The molecule has 0 spiro atoms. The van der Waals surface area contributed by atoms with Gasteiger partial charge >= 0.3 is 0 Å². The monoisotopic (exact) mass is 530 g/mol. The molecule has 2 aromatic heterocycles. The molecule has 36 heavy (non-hydrogen) atoms. The molecule has 0 amide bonds. The summed E-state index contributed by atoms with van der Waals surface area (Å²) in [6, 6.07) is -1.28. The summed E-state index contributed by atoms with van der Waals surface area (Å²) >= 11 is 1.43. The first-order chi connectivity index (χ1) is 17.4. The van der Waals surface area contributed by atoms with Crippen molar-refractivity contribution in [3.8, 4) is 0 Å². The molecule has 2 aliphatic rings. The number of rotatable bonds is 12. The second kappa shape index (κ2) is 12.2. The molecule has 0 bridgehead atoms. The molecule has 2 saturated carbocycles. The number of nitrogens with one attached hydrogen (secondary N) is 1. The van der Waals surface area contributed by atoms with E-state index < -0.39 is 48.7 Å². The minimum atomic E-state index is -1.19. The molecular weight excluding hydrogens is 496 g/mol. The molecular formula is C21H34N6O8S. The smallest absolute Gasteiger partial charge is 0.191 e. The van der Waals surface area contributed by atoms with Crippen molar-refractivity contribution in [2.75, 3.05) is 37.5 Å². The van der Waals surface area contributed by atoms with Gasteiger partial charge in [0.1, 0.15) is 24.4 Å². The van der Waals surface area contributed by atoms with Crippen LogP contribution in [-0.4, -0.2) is 130 Å². The molecule has 14 nitrogen and oxygen atoms in total. The molecule has 0 aromatic carbocycles. The third kappa shape index (κ3) is 5.58. The number of hydrogen-bond donors (Lipinski definition) is 7. The zero-order valence-electron chi connectivity index (χ0n) is 19.9. The van der Waals surface area contributed by atoms with Crippen molar-refractivity contribution < 1.29 is 40.1 Å². The van der Waals surface area contributed by atoms with Crippen LogP contribution in [0.3, 0.4) is 0 Å². The van der Waals surface area contributed by atoms with Crippen molar-refractivity contribution in [2.24, 2.45) is 0 Å². The first-order valence-electron chi connectivity index (χ1n) is 12.1. The van der Waals surface area contributed by atoms with E-state index in [1.54, 1.807) is 0 Å². The quantitative estimate of drug-likeness (QED) is 0.118. The second-order valence-corrected chi connectivity index (χ2v) is 9.99. The van der Waals surface area contributed by atoms with Crippen LogP contribution >= 0.6 is 11.8 Å². The number of fused-ring (bicyclic) bond motifs is 1. The van der Waals surface area contributed by atoms with Crippen LogP contribution < -0.4 is 5.32 Å². The zero-order chi connectivity index (χ0) is 25.8. The van der Waals surface area contributed by atoms with E-state index >= 15 is 0 Å². The van der Waals surface area contributed by atoms with Gasteiger partial charge in [0.25, 0.3) is 0 Å². The van der Waals surface area contributed by atoms with Gasteiger partial charge in [-0.3, -0.25) is 0 Å². The molecule has 0 radical (unpaired) electrons. The van der Waals surface area contributed by atoms with Crippen molar-refractivity contribution in [3.05, 3.63) is 0 Å². The lowest BCUT2D eigenvalue weighted by atomic mass is 10.2. The largest absolute Gasteiger partial charge is 0.394 e. The van der Waals surface area contributed by atoms with Crippen LogP contribution in [0.5, 0.6) is 0 Å². The Balaban J connectivity index is 1.63. The fourth-order valence-electron chi connectivity index (χ4n) is 4.65. The van der Waals surface area contributed by atoms with Gasteiger partial charge < -0.3 is 45.4 Å². The molecule has 2 aromatic rings. The van der Waals surface area contributed by atoms with Crippen molar-refractivity contribution in [1.82, 2.24) is 25.0 Å². The van der Waals surface area contributed by atoms with Gasteiger partial charge in [0.2, 0.25) is 0 Å². The molecule has 15 heteroatoms. The average molecular weight is 531 g/mol. The first-order valence-corrected chi connectivity index (χ1v) is 13.1. The Morgan fingerprint density at radius 2 is 1.61 bits per heavy atom. The molecule has 0 aliphatic heterocycles. The van der Waals surface area contributed by atoms with E-state index in [4.69, 9.17) is 19.7 Å². The van der Waals surface area contributed by atoms with E-state index in [9.17, 15) is 20.4 Å². The number of aromatic nitrogens is 5. The van der Waals surface area contributed by atoms with E-state index in [0.717, 1.165) is 12.2 Å². The molecule has 0 unspecified atom stereocenters. The lowest BCUT2D eigenvalue weighted by Crippen LogP contribution is -2.36. The molecule has 2 aliphatic carbocycles. The maximum absolute atomic E-state index is 10.7. The Morgan fingerprint density at radius 1 is 0.944 bits per heavy atom. The fourth-order valence-corrected chi connectivity index (χ4v) is 5.34. The zero-order valence-corrected chi connectivity index (χ0v) is 20.7. The number of anilines is 1. The minimum Gasteiger partial charge on any atom is -0.394 e. The predicted octanol–water partition coefficient (Wildman–Crippen LogP) is -1.95. The highest BCUT2D eigenvalue weighted by molar-refractivity contribution is 7.99. The number of thioether (sulfide) groups is 1. The molecule has 0 saturated heterocycles. The Bertz CT molecular complexity index is 1000. The lowest BCUT2D eigenvalue weighted by Gasteiger charge is -2.19. The van der Waals surface area contributed by atoms with Crippen LogP contribution in [0.4, 0.5) is 5.82 Å². The molecule has 7 N–H and O–H groups in total. The highest BCUT2D eigenvalue weighted by Crippen LogP contribution is 2.36. The molecule has 2 heterocycles. The summed E-state index contributed by atoms with van der Waals surface area (Å²) in [5.41, 5.74) is 0.643. The van der Waals surface area contributed by atoms with E-state index in [2.05, 4.69) is 25.6 Å². The normalized spacial score (nSPS) is 32.5. The number of ether oxygens (including phenoxy) is 2. The number of aliphatic hydroxyl groups excluding tert-OH is 6. The van der Waals surface area contributed by atoms with Crippen LogP contribution in [0.25, 0.3) is 11.2 Å². The van der Waals surface area contributed by atoms with Gasteiger partial charge in [-0.05, 0) is 12.8 Å². The maximum Gasteiger partial charge on any atom is 0.191 e. The van der Waals surface area contributed by atoms with Crippen LogP contribution in [0.1, 0.15) is 32.2 Å². The molecule has 4 rings (SSSR count). The fraction of sp³-hybridized carbons (Fsp3) is 0.810. The number of nitrogens with zero attached hydrogens (tertiary/aromatic N) is 5. The van der Waals surface area contributed by atoms with Crippen molar-refractivity contribution in [1.29, 1.82) is 0 Å². The summed E-state index contributed by atoms with van der Waals surface area (Å²) < 4.78 is 12.4. The highest BCUT2D eigenvalue weighted by atomic mass is 32.2. The van der Waals surface area contributed by atoms with Gasteiger partial charge in [0, 0.05) is 12.2 Å². The Hall–Kier alpha value is -1.69. The third-order valence-corrected chi connectivity index (χ3v) is 7.50. The number of hydrogen-bond acceptors (Lipinski definition) is 14. The van der Waals surface area contributed by atoms with E-state index in [-0.39, 0.29) is 39.3 Å². The lowest BCUT2D eigenvalue weighted by molar-refractivity contribution is -0.0629. The summed E-state index contributed by atoms with van der Waals surface area (Å²) in [6.07, 6.45) is -4.57. The summed E-state index contributed by atoms with van der Waals surface area (Å²) in [4.78, 5) is 9.17. The van der Waals surface area contributed by atoms with E-state index in [1.807, 2.05) is 6.92 Å². The summed E-state index contributed by atoms with van der Waals surface area (Å²) in [6.45, 7) is 1.71. The van der Waals surface area contributed by atoms with Crippen molar-refractivity contribution in [2.45, 2.75) is 80.1 Å². The Kier molecular flexibility index (Phi) is 9.29. The molecule has 8 atom stereocenters. The van der Waals surface area contributed by atoms with Gasteiger partial charge in [-0.2, -0.15) is 0 Å². The first kappa shape index (κ1) is 27.3. The Morgan fingerprint density at radius 3 is 2.28 bits per heavy atom. The minimum absolute atomic E-state index is 0.0336. The summed E-state index contributed by atoms with van der Waals surface area (Å²) in [5, 5.41) is 72.1. The highest BCUT2D eigenvalue weighted by Gasteiger charge is 2.45. The van der Waals surface area contributed by atoms with Crippen LogP contribution in [-0.2, 0) is 9.47 Å². The van der Waals surface area contributed by atoms with Gasteiger partial charge in [-0.15, -0.1) is 5.10 Å².